The molecule has 1 unspecified atom stereocenters. The summed E-state index contributed by atoms with van der Waals surface area (Å²) in [5, 5.41) is 3.37. The van der Waals surface area contributed by atoms with Crippen LogP contribution in [0.3, 0.4) is 0 Å². The molecule has 5 heteroatoms. The molecule has 1 aromatic carbocycles. The second-order valence-corrected chi connectivity index (χ2v) is 6.50. The smallest absolute Gasteiger partial charge is 0.222 e. The molecule has 1 saturated heterocycles. The maximum atomic E-state index is 12.6. The van der Waals surface area contributed by atoms with Crippen LogP contribution in [0.15, 0.2) is 30.3 Å². The van der Waals surface area contributed by atoms with Crippen molar-refractivity contribution in [2.24, 2.45) is 5.92 Å². The summed E-state index contributed by atoms with van der Waals surface area (Å²) in [7, 11) is 4.10. The Hall–Kier alpha value is -1.10. The Labute approximate surface area is 146 Å². The van der Waals surface area contributed by atoms with Gasteiger partial charge < -0.3 is 15.1 Å². The van der Waals surface area contributed by atoms with Crippen molar-refractivity contribution in [1.29, 1.82) is 0 Å². The van der Waals surface area contributed by atoms with Crippen LogP contribution in [0.2, 0.25) is 0 Å². The van der Waals surface area contributed by atoms with E-state index in [1.807, 2.05) is 23.1 Å². The number of carbonyl (C=O) groups excluding carboxylic acids is 1. The van der Waals surface area contributed by atoms with E-state index in [2.05, 4.69) is 36.4 Å². The largest absolute Gasteiger partial charge is 0.337 e. The van der Waals surface area contributed by atoms with Crippen LogP contribution in [0.4, 0.5) is 0 Å². The van der Waals surface area contributed by atoms with Gasteiger partial charge in [-0.05, 0) is 51.5 Å². The summed E-state index contributed by atoms with van der Waals surface area (Å²) in [4.78, 5) is 16.7. The Balaban J connectivity index is 0.00000264. The molecule has 1 aliphatic heterocycles. The van der Waals surface area contributed by atoms with Gasteiger partial charge in [-0.15, -0.1) is 12.4 Å². The highest BCUT2D eigenvalue weighted by Crippen LogP contribution is 2.16. The van der Waals surface area contributed by atoms with Crippen LogP contribution in [0.25, 0.3) is 0 Å². The molecule has 1 amide bonds. The minimum Gasteiger partial charge on any atom is -0.337 e. The van der Waals surface area contributed by atoms with Gasteiger partial charge in [0.15, 0.2) is 0 Å². The number of halogens is 1. The molecule has 0 spiro atoms. The van der Waals surface area contributed by atoms with E-state index in [1.54, 1.807) is 0 Å². The monoisotopic (exact) mass is 339 g/mol. The Morgan fingerprint density at radius 1 is 1.22 bits per heavy atom. The summed E-state index contributed by atoms with van der Waals surface area (Å²) in [6.07, 6.45) is 2.90. The molecule has 130 valence electrons. The maximum absolute atomic E-state index is 12.6. The minimum atomic E-state index is 0. The lowest BCUT2D eigenvalue weighted by Crippen LogP contribution is -2.36. The van der Waals surface area contributed by atoms with Gasteiger partial charge in [0.25, 0.3) is 0 Å². The van der Waals surface area contributed by atoms with Crippen LogP contribution in [0, 0.1) is 5.92 Å². The predicted molar refractivity (Wildman–Crippen MR) is 97.9 cm³/mol. The third-order valence-electron chi connectivity index (χ3n) is 4.31. The molecular formula is C18H30ClN3O. The second-order valence-electron chi connectivity index (χ2n) is 6.50. The first kappa shape index (κ1) is 19.9. The number of nitrogens with one attached hydrogen (secondary N) is 1. The van der Waals surface area contributed by atoms with Gasteiger partial charge in [0, 0.05) is 26.1 Å². The van der Waals surface area contributed by atoms with Crippen molar-refractivity contribution < 1.29 is 4.79 Å². The van der Waals surface area contributed by atoms with E-state index < -0.39 is 0 Å². The summed E-state index contributed by atoms with van der Waals surface area (Å²) >= 11 is 0. The number of hydrogen-bond acceptors (Lipinski definition) is 3. The topological polar surface area (TPSA) is 35.6 Å². The number of rotatable bonds is 8. The Morgan fingerprint density at radius 3 is 2.57 bits per heavy atom. The molecule has 1 aliphatic rings. The summed E-state index contributed by atoms with van der Waals surface area (Å²) in [5.74, 6) is 0.967. The molecule has 1 aromatic rings. The molecule has 1 N–H and O–H groups in total. The van der Waals surface area contributed by atoms with E-state index >= 15 is 0 Å². The average Bonchev–Trinajstić information content (AvgIpc) is 3.03. The number of likely N-dealkylation sites (N-methyl/N-ethyl adjacent to an activating group) is 1. The molecule has 0 bridgehead atoms. The van der Waals surface area contributed by atoms with Gasteiger partial charge >= 0.3 is 0 Å². The SMILES string of the molecule is CN(C)CCN(Cc1ccccc1)C(=O)CCC1CCNC1.Cl. The Bertz CT molecular complexity index is 447. The van der Waals surface area contributed by atoms with Crippen molar-refractivity contribution >= 4 is 18.3 Å². The highest BCUT2D eigenvalue weighted by Gasteiger charge is 2.19. The zero-order valence-electron chi connectivity index (χ0n) is 14.3. The number of hydrogen-bond donors (Lipinski definition) is 1. The molecule has 23 heavy (non-hydrogen) atoms. The standard InChI is InChI=1S/C18H29N3O.ClH/c1-20(2)12-13-21(15-17-6-4-3-5-7-17)18(22)9-8-16-10-11-19-14-16;/h3-7,16,19H,8-15H2,1-2H3;1H. The fraction of sp³-hybridized carbons (Fsp3) is 0.611. The zero-order chi connectivity index (χ0) is 15.8. The van der Waals surface area contributed by atoms with Crippen LogP contribution in [-0.4, -0.2) is 56.0 Å². The molecule has 0 aromatic heterocycles. The number of benzene rings is 1. The van der Waals surface area contributed by atoms with Crippen molar-refractivity contribution in [2.45, 2.75) is 25.8 Å². The number of amides is 1. The molecule has 1 atom stereocenters. The summed E-state index contributed by atoms with van der Waals surface area (Å²) in [5.41, 5.74) is 1.21. The summed E-state index contributed by atoms with van der Waals surface area (Å²) < 4.78 is 0. The van der Waals surface area contributed by atoms with E-state index in [1.165, 1.54) is 12.0 Å². The highest BCUT2D eigenvalue weighted by atomic mass is 35.5. The predicted octanol–water partition coefficient (Wildman–Crippen LogP) is 2.39. The highest BCUT2D eigenvalue weighted by molar-refractivity contribution is 5.85. The second kappa shape index (κ2) is 10.6. The zero-order valence-corrected chi connectivity index (χ0v) is 15.1. The number of carbonyl (C=O) groups is 1. The molecule has 1 heterocycles. The molecule has 0 radical (unpaired) electrons. The molecule has 0 saturated carbocycles. The van der Waals surface area contributed by atoms with Crippen LogP contribution in [0.5, 0.6) is 0 Å². The van der Waals surface area contributed by atoms with Crippen molar-refractivity contribution in [3.05, 3.63) is 35.9 Å². The van der Waals surface area contributed by atoms with Crippen molar-refractivity contribution in [3.8, 4) is 0 Å². The lowest BCUT2D eigenvalue weighted by atomic mass is 10.0. The van der Waals surface area contributed by atoms with Gasteiger partial charge in [-0.2, -0.15) is 0 Å². The van der Waals surface area contributed by atoms with Gasteiger partial charge in [-0.3, -0.25) is 4.79 Å². The minimum absolute atomic E-state index is 0. The Morgan fingerprint density at radius 2 is 1.96 bits per heavy atom. The van der Waals surface area contributed by atoms with Gasteiger partial charge in [0.1, 0.15) is 0 Å². The summed E-state index contributed by atoms with van der Waals surface area (Å²) in [6, 6.07) is 10.3. The van der Waals surface area contributed by atoms with Gasteiger partial charge in [-0.1, -0.05) is 30.3 Å². The summed E-state index contributed by atoms with van der Waals surface area (Å²) in [6.45, 7) is 4.60. The van der Waals surface area contributed by atoms with Crippen LogP contribution in [0.1, 0.15) is 24.8 Å². The van der Waals surface area contributed by atoms with E-state index in [0.717, 1.165) is 39.1 Å². The fourth-order valence-corrected chi connectivity index (χ4v) is 2.86. The number of nitrogens with zero attached hydrogens (tertiary/aromatic N) is 2. The van der Waals surface area contributed by atoms with Gasteiger partial charge in [-0.25, -0.2) is 0 Å². The first-order valence-corrected chi connectivity index (χ1v) is 8.32. The molecule has 0 aliphatic carbocycles. The fourth-order valence-electron chi connectivity index (χ4n) is 2.86. The van der Waals surface area contributed by atoms with E-state index in [-0.39, 0.29) is 18.3 Å². The normalized spacial score (nSPS) is 17.1. The lowest BCUT2D eigenvalue weighted by molar-refractivity contribution is -0.132. The Kier molecular flexibility index (Phi) is 9.22. The quantitative estimate of drug-likeness (QED) is 0.790. The average molecular weight is 340 g/mol. The van der Waals surface area contributed by atoms with Crippen LogP contribution < -0.4 is 5.32 Å². The first-order valence-electron chi connectivity index (χ1n) is 8.32. The van der Waals surface area contributed by atoms with Crippen molar-refractivity contribution in [1.82, 2.24) is 15.1 Å². The molecule has 1 fully saturated rings. The molecule has 4 nitrogen and oxygen atoms in total. The van der Waals surface area contributed by atoms with Crippen molar-refractivity contribution in [2.75, 3.05) is 40.3 Å². The van der Waals surface area contributed by atoms with Crippen molar-refractivity contribution in [3.63, 3.8) is 0 Å². The maximum Gasteiger partial charge on any atom is 0.222 e. The molecular weight excluding hydrogens is 310 g/mol. The third kappa shape index (κ3) is 7.34. The van der Waals surface area contributed by atoms with E-state index in [9.17, 15) is 4.79 Å². The van der Waals surface area contributed by atoms with Gasteiger partial charge in [0.05, 0.1) is 0 Å². The van der Waals surface area contributed by atoms with Gasteiger partial charge in [0.2, 0.25) is 5.91 Å². The van der Waals surface area contributed by atoms with Crippen LogP contribution in [-0.2, 0) is 11.3 Å². The first-order chi connectivity index (χ1) is 10.6. The lowest BCUT2D eigenvalue weighted by Gasteiger charge is -2.25. The molecule has 2 rings (SSSR count). The van der Waals surface area contributed by atoms with E-state index in [4.69, 9.17) is 0 Å². The van der Waals surface area contributed by atoms with Crippen LogP contribution >= 0.6 is 12.4 Å². The van der Waals surface area contributed by atoms with E-state index in [0.29, 0.717) is 12.3 Å². The third-order valence-corrected chi connectivity index (χ3v) is 4.31.